The molecule has 0 aromatic heterocycles. The Morgan fingerprint density at radius 2 is 1.62 bits per heavy atom. The maximum absolute atomic E-state index is 12.2. The first-order chi connectivity index (χ1) is 10.2. The molecule has 0 aliphatic heterocycles. The Morgan fingerprint density at radius 3 is 2.24 bits per heavy atom. The zero-order valence-corrected chi connectivity index (χ0v) is 11.8. The largest absolute Gasteiger partial charge is 0.497 e. The van der Waals surface area contributed by atoms with Crippen LogP contribution in [-0.2, 0) is 0 Å². The summed E-state index contributed by atoms with van der Waals surface area (Å²) in [6.45, 7) is 0. The molecule has 0 bridgehead atoms. The van der Waals surface area contributed by atoms with Crippen molar-refractivity contribution in [2.45, 2.75) is 0 Å². The molecule has 0 radical (unpaired) electrons. The topological polar surface area (TPSA) is 67.4 Å². The van der Waals surface area contributed by atoms with E-state index in [0.29, 0.717) is 22.6 Å². The predicted molar refractivity (Wildman–Crippen MR) is 80.8 cm³/mol. The molecule has 0 unspecified atom stereocenters. The SMILES string of the molecule is CNC(=O)c1ccccc1NC(=O)c1ccc(OC)cc1. The summed E-state index contributed by atoms with van der Waals surface area (Å²) >= 11 is 0. The zero-order valence-electron chi connectivity index (χ0n) is 11.8. The summed E-state index contributed by atoms with van der Waals surface area (Å²) in [6.07, 6.45) is 0. The Kier molecular flexibility index (Phi) is 4.56. The minimum absolute atomic E-state index is 0.249. The quantitative estimate of drug-likeness (QED) is 0.905. The molecule has 0 aliphatic carbocycles. The monoisotopic (exact) mass is 284 g/mol. The van der Waals surface area contributed by atoms with Crippen molar-refractivity contribution in [3.05, 3.63) is 59.7 Å². The van der Waals surface area contributed by atoms with Gasteiger partial charge in [0.15, 0.2) is 0 Å². The van der Waals surface area contributed by atoms with Crippen molar-refractivity contribution in [3.63, 3.8) is 0 Å². The number of carbonyl (C=O) groups excluding carboxylic acids is 2. The van der Waals surface area contributed by atoms with Gasteiger partial charge >= 0.3 is 0 Å². The van der Waals surface area contributed by atoms with Gasteiger partial charge in [0.2, 0.25) is 0 Å². The summed E-state index contributed by atoms with van der Waals surface area (Å²) < 4.78 is 5.05. The molecule has 2 N–H and O–H groups in total. The number of hydrogen-bond acceptors (Lipinski definition) is 3. The van der Waals surface area contributed by atoms with E-state index in [9.17, 15) is 9.59 Å². The fourth-order valence-corrected chi connectivity index (χ4v) is 1.86. The maximum atomic E-state index is 12.2. The Labute approximate surface area is 122 Å². The predicted octanol–water partition coefficient (Wildman–Crippen LogP) is 2.31. The molecule has 0 heterocycles. The fourth-order valence-electron chi connectivity index (χ4n) is 1.86. The Balaban J connectivity index is 2.21. The van der Waals surface area contributed by atoms with Gasteiger partial charge in [-0.15, -0.1) is 0 Å². The third-order valence-corrected chi connectivity index (χ3v) is 3.00. The summed E-state index contributed by atoms with van der Waals surface area (Å²) in [4.78, 5) is 24.0. The fraction of sp³-hybridized carbons (Fsp3) is 0.125. The highest BCUT2D eigenvalue weighted by Gasteiger charge is 2.12. The van der Waals surface area contributed by atoms with Crippen molar-refractivity contribution >= 4 is 17.5 Å². The molecule has 108 valence electrons. The third-order valence-electron chi connectivity index (χ3n) is 3.00. The van der Waals surface area contributed by atoms with Gasteiger partial charge in [-0.05, 0) is 36.4 Å². The summed E-state index contributed by atoms with van der Waals surface area (Å²) in [5.41, 5.74) is 1.38. The molecule has 0 saturated heterocycles. The summed E-state index contributed by atoms with van der Waals surface area (Å²) in [5, 5.41) is 5.28. The Hall–Kier alpha value is -2.82. The molecule has 0 spiro atoms. The number of benzene rings is 2. The smallest absolute Gasteiger partial charge is 0.255 e. The number of anilines is 1. The van der Waals surface area contributed by atoms with Crippen LogP contribution in [-0.4, -0.2) is 26.0 Å². The molecule has 5 heteroatoms. The van der Waals surface area contributed by atoms with Gasteiger partial charge in [0, 0.05) is 12.6 Å². The van der Waals surface area contributed by atoms with E-state index >= 15 is 0 Å². The van der Waals surface area contributed by atoms with Crippen LogP contribution in [0.3, 0.4) is 0 Å². The minimum atomic E-state index is -0.283. The van der Waals surface area contributed by atoms with Gasteiger partial charge in [-0.3, -0.25) is 9.59 Å². The van der Waals surface area contributed by atoms with Crippen LogP contribution in [0.1, 0.15) is 20.7 Å². The van der Waals surface area contributed by atoms with E-state index in [-0.39, 0.29) is 11.8 Å². The maximum Gasteiger partial charge on any atom is 0.255 e. The molecule has 2 aromatic rings. The van der Waals surface area contributed by atoms with Crippen molar-refractivity contribution < 1.29 is 14.3 Å². The summed E-state index contributed by atoms with van der Waals surface area (Å²) in [6, 6.07) is 13.6. The van der Waals surface area contributed by atoms with Crippen molar-refractivity contribution in [1.82, 2.24) is 5.32 Å². The van der Waals surface area contributed by atoms with Gasteiger partial charge in [-0.25, -0.2) is 0 Å². The van der Waals surface area contributed by atoms with Crippen molar-refractivity contribution in [2.24, 2.45) is 0 Å². The first-order valence-electron chi connectivity index (χ1n) is 6.42. The highest BCUT2D eigenvalue weighted by atomic mass is 16.5. The van der Waals surface area contributed by atoms with Crippen molar-refractivity contribution in [1.29, 1.82) is 0 Å². The van der Waals surface area contributed by atoms with Gasteiger partial charge in [-0.2, -0.15) is 0 Å². The van der Waals surface area contributed by atoms with Crippen LogP contribution in [0.15, 0.2) is 48.5 Å². The normalized spacial score (nSPS) is 9.81. The number of methoxy groups -OCH3 is 1. The van der Waals surface area contributed by atoms with Crippen LogP contribution in [0.25, 0.3) is 0 Å². The van der Waals surface area contributed by atoms with Crippen LogP contribution >= 0.6 is 0 Å². The third kappa shape index (κ3) is 3.39. The van der Waals surface area contributed by atoms with Crippen LogP contribution in [0, 0.1) is 0 Å². The number of hydrogen-bond donors (Lipinski definition) is 2. The van der Waals surface area contributed by atoms with E-state index in [4.69, 9.17) is 4.74 Å². The average molecular weight is 284 g/mol. The molecule has 0 aliphatic rings. The second kappa shape index (κ2) is 6.56. The Morgan fingerprint density at radius 1 is 0.952 bits per heavy atom. The van der Waals surface area contributed by atoms with Gasteiger partial charge < -0.3 is 15.4 Å². The summed E-state index contributed by atoms with van der Waals surface area (Å²) in [7, 11) is 3.11. The van der Waals surface area contributed by atoms with Crippen molar-refractivity contribution in [2.75, 3.05) is 19.5 Å². The molecule has 2 amide bonds. The Bertz CT molecular complexity index is 651. The second-order valence-corrected chi connectivity index (χ2v) is 4.31. The van der Waals surface area contributed by atoms with Gasteiger partial charge in [-0.1, -0.05) is 12.1 Å². The lowest BCUT2D eigenvalue weighted by molar-refractivity contribution is 0.0964. The van der Waals surface area contributed by atoms with Gasteiger partial charge in [0.25, 0.3) is 11.8 Å². The van der Waals surface area contributed by atoms with Crippen LogP contribution < -0.4 is 15.4 Å². The molecular weight excluding hydrogens is 268 g/mol. The van der Waals surface area contributed by atoms with Crippen LogP contribution in [0.4, 0.5) is 5.69 Å². The lowest BCUT2D eigenvalue weighted by Gasteiger charge is -2.10. The van der Waals surface area contributed by atoms with E-state index < -0.39 is 0 Å². The van der Waals surface area contributed by atoms with E-state index in [1.165, 1.54) is 0 Å². The minimum Gasteiger partial charge on any atom is -0.497 e. The lowest BCUT2D eigenvalue weighted by atomic mass is 10.1. The standard InChI is InChI=1S/C16H16N2O3/c1-17-16(20)13-5-3-4-6-14(13)18-15(19)11-7-9-12(21-2)10-8-11/h3-10H,1-2H3,(H,17,20)(H,18,19). The molecule has 5 nitrogen and oxygen atoms in total. The molecule has 21 heavy (non-hydrogen) atoms. The molecule has 0 saturated carbocycles. The number of ether oxygens (including phenoxy) is 1. The summed E-state index contributed by atoms with van der Waals surface area (Å²) in [5.74, 6) is 0.145. The van der Waals surface area contributed by atoms with Crippen LogP contribution in [0.2, 0.25) is 0 Å². The van der Waals surface area contributed by atoms with Gasteiger partial charge in [0.1, 0.15) is 5.75 Å². The highest BCUT2D eigenvalue weighted by molar-refractivity contribution is 6.08. The molecule has 2 aromatic carbocycles. The van der Waals surface area contributed by atoms with Gasteiger partial charge in [0.05, 0.1) is 18.4 Å². The van der Waals surface area contributed by atoms with E-state index in [1.807, 2.05) is 0 Å². The van der Waals surface area contributed by atoms with Crippen molar-refractivity contribution in [3.8, 4) is 5.75 Å². The van der Waals surface area contributed by atoms with E-state index in [1.54, 1.807) is 62.7 Å². The van der Waals surface area contributed by atoms with E-state index in [2.05, 4.69) is 10.6 Å². The molecular formula is C16H16N2O3. The first kappa shape index (κ1) is 14.6. The average Bonchev–Trinajstić information content (AvgIpc) is 2.54. The second-order valence-electron chi connectivity index (χ2n) is 4.31. The molecule has 0 atom stereocenters. The molecule has 0 fully saturated rings. The number of para-hydroxylation sites is 1. The zero-order chi connectivity index (χ0) is 15.2. The molecule has 2 rings (SSSR count). The lowest BCUT2D eigenvalue weighted by Crippen LogP contribution is -2.21. The van der Waals surface area contributed by atoms with E-state index in [0.717, 1.165) is 0 Å². The number of nitrogens with one attached hydrogen (secondary N) is 2. The number of rotatable bonds is 4. The van der Waals surface area contributed by atoms with Crippen LogP contribution in [0.5, 0.6) is 5.75 Å². The first-order valence-corrected chi connectivity index (χ1v) is 6.42. The highest BCUT2D eigenvalue weighted by Crippen LogP contribution is 2.17. The number of amides is 2. The number of carbonyl (C=O) groups is 2.